The molecule has 1 aliphatic carbocycles. The standard InChI is InChI=1S/C20H33N3O3/c1-15(24)21-11-8-16-9-12-22(13-10-16)20(26)17-6-7-19(25)23(14-17)18-4-2-3-5-18/h16-18H,2-14H2,1H3,(H,21,24)/t17-/m1/s1. The Morgan fingerprint density at radius 1 is 1.08 bits per heavy atom. The van der Waals surface area contributed by atoms with Crippen molar-refractivity contribution in [2.45, 2.75) is 70.8 Å². The molecule has 2 saturated heterocycles. The van der Waals surface area contributed by atoms with Gasteiger partial charge in [0.05, 0.1) is 5.92 Å². The molecule has 0 aromatic heterocycles. The summed E-state index contributed by atoms with van der Waals surface area (Å²) in [5.41, 5.74) is 0. The molecule has 3 rings (SSSR count). The Bertz CT molecular complexity index is 522. The smallest absolute Gasteiger partial charge is 0.227 e. The molecule has 0 unspecified atom stereocenters. The number of hydrogen-bond donors (Lipinski definition) is 1. The molecule has 1 atom stereocenters. The predicted molar refractivity (Wildman–Crippen MR) is 99.3 cm³/mol. The number of hydrogen-bond acceptors (Lipinski definition) is 3. The van der Waals surface area contributed by atoms with E-state index in [1.54, 1.807) is 6.92 Å². The van der Waals surface area contributed by atoms with E-state index in [1.807, 2.05) is 9.80 Å². The Labute approximate surface area is 156 Å². The second-order valence-electron chi connectivity index (χ2n) is 8.26. The molecule has 1 N–H and O–H groups in total. The van der Waals surface area contributed by atoms with E-state index in [1.165, 1.54) is 12.8 Å². The summed E-state index contributed by atoms with van der Waals surface area (Å²) in [6.07, 6.45) is 8.89. The lowest BCUT2D eigenvalue weighted by molar-refractivity contribution is -0.145. The van der Waals surface area contributed by atoms with E-state index in [2.05, 4.69) is 5.32 Å². The SMILES string of the molecule is CC(=O)NCCC1CCN(C(=O)[C@@H]2CCC(=O)N(C3CCCC3)C2)CC1. The first kappa shape index (κ1) is 19.2. The van der Waals surface area contributed by atoms with Crippen molar-refractivity contribution < 1.29 is 14.4 Å². The number of carbonyl (C=O) groups excluding carboxylic acids is 3. The quantitative estimate of drug-likeness (QED) is 0.811. The van der Waals surface area contributed by atoms with Gasteiger partial charge in [0.1, 0.15) is 0 Å². The van der Waals surface area contributed by atoms with Gasteiger partial charge in [0, 0.05) is 45.6 Å². The van der Waals surface area contributed by atoms with Gasteiger partial charge in [0.15, 0.2) is 0 Å². The average Bonchev–Trinajstić information content (AvgIpc) is 3.16. The Hall–Kier alpha value is -1.59. The number of carbonyl (C=O) groups is 3. The zero-order chi connectivity index (χ0) is 18.5. The molecule has 0 bridgehead atoms. The fourth-order valence-corrected chi connectivity index (χ4v) is 4.79. The highest BCUT2D eigenvalue weighted by atomic mass is 16.2. The molecule has 146 valence electrons. The van der Waals surface area contributed by atoms with Gasteiger partial charge in [-0.25, -0.2) is 0 Å². The van der Waals surface area contributed by atoms with Gasteiger partial charge >= 0.3 is 0 Å². The van der Waals surface area contributed by atoms with Crippen LogP contribution >= 0.6 is 0 Å². The highest BCUT2D eigenvalue weighted by molar-refractivity contribution is 5.84. The van der Waals surface area contributed by atoms with Crippen molar-refractivity contribution >= 4 is 17.7 Å². The van der Waals surface area contributed by atoms with Crippen molar-refractivity contribution in [3.05, 3.63) is 0 Å². The molecule has 26 heavy (non-hydrogen) atoms. The van der Waals surface area contributed by atoms with Crippen molar-refractivity contribution in [3.8, 4) is 0 Å². The molecule has 1 saturated carbocycles. The highest BCUT2D eigenvalue weighted by Crippen LogP contribution is 2.30. The van der Waals surface area contributed by atoms with Crippen LogP contribution in [-0.4, -0.2) is 59.7 Å². The Morgan fingerprint density at radius 2 is 1.77 bits per heavy atom. The molecule has 2 aliphatic heterocycles. The molecule has 3 fully saturated rings. The Morgan fingerprint density at radius 3 is 2.42 bits per heavy atom. The van der Waals surface area contributed by atoms with E-state index in [0.717, 1.165) is 51.7 Å². The lowest BCUT2D eigenvalue weighted by Crippen LogP contribution is -2.51. The molecule has 0 radical (unpaired) electrons. The maximum atomic E-state index is 13.0. The maximum absolute atomic E-state index is 13.0. The molecule has 0 aromatic rings. The Kier molecular flexibility index (Phi) is 6.54. The lowest BCUT2D eigenvalue weighted by atomic mass is 9.90. The summed E-state index contributed by atoms with van der Waals surface area (Å²) in [6.45, 7) is 4.54. The molecule has 3 amide bonds. The van der Waals surface area contributed by atoms with Crippen LogP contribution < -0.4 is 5.32 Å². The summed E-state index contributed by atoms with van der Waals surface area (Å²) in [5.74, 6) is 1.10. The first-order valence-electron chi connectivity index (χ1n) is 10.4. The van der Waals surface area contributed by atoms with Crippen molar-refractivity contribution in [1.82, 2.24) is 15.1 Å². The van der Waals surface area contributed by atoms with E-state index >= 15 is 0 Å². The van der Waals surface area contributed by atoms with Crippen LogP contribution in [0.25, 0.3) is 0 Å². The van der Waals surface area contributed by atoms with E-state index in [0.29, 0.717) is 31.3 Å². The van der Waals surface area contributed by atoms with Crippen molar-refractivity contribution in [3.63, 3.8) is 0 Å². The van der Waals surface area contributed by atoms with Gasteiger partial charge in [0.2, 0.25) is 17.7 Å². The monoisotopic (exact) mass is 363 g/mol. The minimum absolute atomic E-state index is 0.00997. The van der Waals surface area contributed by atoms with Crippen LogP contribution in [0.1, 0.15) is 64.7 Å². The van der Waals surface area contributed by atoms with Gasteiger partial charge in [-0.05, 0) is 44.4 Å². The molecule has 0 aromatic carbocycles. The molecule has 3 aliphatic rings. The lowest BCUT2D eigenvalue weighted by Gasteiger charge is -2.39. The zero-order valence-corrected chi connectivity index (χ0v) is 16.0. The number of nitrogens with zero attached hydrogens (tertiary/aromatic N) is 2. The van der Waals surface area contributed by atoms with E-state index < -0.39 is 0 Å². The van der Waals surface area contributed by atoms with Crippen molar-refractivity contribution in [1.29, 1.82) is 0 Å². The minimum atomic E-state index is -0.00997. The molecular formula is C20H33N3O3. The van der Waals surface area contributed by atoms with Crippen LogP contribution in [0, 0.1) is 11.8 Å². The fourth-order valence-electron chi connectivity index (χ4n) is 4.79. The van der Waals surface area contributed by atoms with Gasteiger partial charge in [-0.2, -0.15) is 0 Å². The number of likely N-dealkylation sites (tertiary alicyclic amines) is 2. The number of nitrogens with one attached hydrogen (secondary N) is 1. The zero-order valence-electron chi connectivity index (χ0n) is 16.0. The fraction of sp³-hybridized carbons (Fsp3) is 0.850. The summed E-state index contributed by atoms with van der Waals surface area (Å²) in [6, 6.07) is 0.373. The van der Waals surface area contributed by atoms with Crippen molar-refractivity contribution in [2.75, 3.05) is 26.2 Å². The highest BCUT2D eigenvalue weighted by Gasteiger charge is 2.37. The maximum Gasteiger partial charge on any atom is 0.227 e. The second-order valence-corrected chi connectivity index (χ2v) is 8.26. The van der Waals surface area contributed by atoms with E-state index in [9.17, 15) is 14.4 Å². The first-order valence-corrected chi connectivity index (χ1v) is 10.4. The van der Waals surface area contributed by atoms with Crippen LogP contribution in [-0.2, 0) is 14.4 Å². The minimum Gasteiger partial charge on any atom is -0.356 e. The second kappa shape index (κ2) is 8.87. The van der Waals surface area contributed by atoms with Crippen LogP contribution in [0.3, 0.4) is 0 Å². The number of piperidine rings is 2. The molecule has 6 heteroatoms. The largest absolute Gasteiger partial charge is 0.356 e. The molecule has 0 spiro atoms. The van der Waals surface area contributed by atoms with Gasteiger partial charge in [0.25, 0.3) is 0 Å². The number of rotatable bonds is 5. The van der Waals surface area contributed by atoms with Crippen LogP contribution in [0.5, 0.6) is 0 Å². The van der Waals surface area contributed by atoms with Crippen LogP contribution in [0.4, 0.5) is 0 Å². The summed E-state index contributed by atoms with van der Waals surface area (Å²) >= 11 is 0. The normalized spacial score (nSPS) is 25.6. The van der Waals surface area contributed by atoms with Crippen LogP contribution in [0.2, 0.25) is 0 Å². The van der Waals surface area contributed by atoms with Gasteiger partial charge in [-0.1, -0.05) is 12.8 Å². The molecule has 2 heterocycles. The summed E-state index contributed by atoms with van der Waals surface area (Å²) in [5, 5.41) is 2.86. The molecular weight excluding hydrogens is 330 g/mol. The summed E-state index contributed by atoms with van der Waals surface area (Å²) in [4.78, 5) is 40.2. The summed E-state index contributed by atoms with van der Waals surface area (Å²) < 4.78 is 0. The third kappa shape index (κ3) is 4.77. The number of amides is 3. The van der Waals surface area contributed by atoms with E-state index in [4.69, 9.17) is 0 Å². The third-order valence-corrected chi connectivity index (χ3v) is 6.41. The van der Waals surface area contributed by atoms with E-state index in [-0.39, 0.29) is 23.6 Å². The van der Waals surface area contributed by atoms with Gasteiger partial charge in [-0.15, -0.1) is 0 Å². The average molecular weight is 364 g/mol. The third-order valence-electron chi connectivity index (χ3n) is 6.41. The van der Waals surface area contributed by atoms with Crippen molar-refractivity contribution in [2.24, 2.45) is 11.8 Å². The van der Waals surface area contributed by atoms with Gasteiger partial charge < -0.3 is 15.1 Å². The van der Waals surface area contributed by atoms with Gasteiger partial charge in [-0.3, -0.25) is 14.4 Å². The summed E-state index contributed by atoms with van der Waals surface area (Å²) in [7, 11) is 0. The Balaban J connectivity index is 1.45. The topological polar surface area (TPSA) is 69.7 Å². The van der Waals surface area contributed by atoms with Crippen LogP contribution in [0.15, 0.2) is 0 Å². The first-order chi connectivity index (χ1) is 12.5. The predicted octanol–water partition coefficient (Wildman–Crippen LogP) is 1.93. The molecule has 6 nitrogen and oxygen atoms in total.